The summed E-state index contributed by atoms with van der Waals surface area (Å²) in [5.41, 5.74) is 8.53. The van der Waals surface area contributed by atoms with Gasteiger partial charge in [0, 0.05) is 19.1 Å². The van der Waals surface area contributed by atoms with Gasteiger partial charge in [-0.1, -0.05) is 66.7 Å². The molecule has 112 valence electrons. The highest BCUT2D eigenvalue weighted by atomic mass is 14.9. The first-order valence-corrected chi connectivity index (χ1v) is 7.80. The zero-order valence-electron chi connectivity index (χ0n) is 12.7. The number of nitrogens with one attached hydrogen (secondary N) is 1. The van der Waals surface area contributed by atoms with E-state index in [1.165, 1.54) is 21.9 Å². The third-order valence-electron chi connectivity index (χ3n) is 4.02. The Kier molecular flexibility index (Phi) is 4.84. The van der Waals surface area contributed by atoms with Gasteiger partial charge in [-0.3, -0.25) is 0 Å². The minimum atomic E-state index is 0.300. The second-order valence-electron chi connectivity index (χ2n) is 5.68. The molecule has 3 aromatic rings. The largest absolute Gasteiger partial charge is 0.329 e. The van der Waals surface area contributed by atoms with Gasteiger partial charge in [0.15, 0.2) is 0 Å². The fraction of sp³-hybridized carbons (Fsp3) is 0.200. The summed E-state index contributed by atoms with van der Waals surface area (Å²) in [6.45, 7) is 1.49. The number of rotatable bonds is 6. The minimum Gasteiger partial charge on any atom is -0.329 e. The van der Waals surface area contributed by atoms with E-state index in [1.54, 1.807) is 0 Å². The number of fused-ring (bicyclic) bond motifs is 1. The van der Waals surface area contributed by atoms with E-state index in [2.05, 4.69) is 72.0 Å². The predicted octanol–water partition coefficient (Wildman–Crippen LogP) is 3.50. The molecular formula is C20H22N2. The van der Waals surface area contributed by atoms with Gasteiger partial charge in [-0.25, -0.2) is 0 Å². The van der Waals surface area contributed by atoms with Gasteiger partial charge in [-0.15, -0.1) is 0 Å². The van der Waals surface area contributed by atoms with Crippen molar-refractivity contribution in [2.75, 3.05) is 6.54 Å². The monoisotopic (exact) mass is 290 g/mol. The third kappa shape index (κ3) is 3.73. The number of hydrogen-bond donors (Lipinski definition) is 2. The average molecular weight is 290 g/mol. The van der Waals surface area contributed by atoms with Crippen molar-refractivity contribution in [1.82, 2.24) is 5.32 Å². The van der Waals surface area contributed by atoms with Crippen molar-refractivity contribution in [2.24, 2.45) is 5.73 Å². The van der Waals surface area contributed by atoms with Gasteiger partial charge in [0.25, 0.3) is 0 Å². The highest BCUT2D eigenvalue weighted by molar-refractivity contribution is 5.82. The first kappa shape index (κ1) is 14.8. The van der Waals surface area contributed by atoms with Crippen LogP contribution in [0.3, 0.4) is 0 Å². The summed E-state index contributed by atoms with van der Waals surface area (Å²) in [5.74, 6) is 0. The van der Waals surface area contributed by atoms with Crippen LogP contribution in [-0.4, -0.2) is 12.6 Å². The molecule has 3 N–H and O–H groups in total. The van der Waals surface area contributed by atoms with Crippen molar-refractivity contribution in [3.63, 3.8) is 0 Å². The van der Waals surface area contributed by atoms with Gasteiger partial charge in [0.1, 0.15) is 0 Å². The molecule has 1 atom stereocenters. The molecule has 0 spiro atoms. The molecule has 2 heteroatoms. The third-order valence-corrected chi connectivity index (χ3v) is 4.02. The molecule has 0 aromatic heterocycles. The average Bonchev–Trinajstić information content (AvgIpc) is 2.59. The molecule has 0 bridgehead atoms. The smallest absolute Gasteiger partial charge is 0.0233 e. The second-order valence-corrected chi connectivity index (χ2v) is 5.68. The van der Waals surface area contributed by atoms with E-state index in [9.17, 15) is 0 Å². The molecule has 0 heterocycles. The molecule has 0 aliphatic carbocycles. The van der Waals surface area contributed by atoms with Crippen LogP contribution < -0.4 is 11.1 Å². The lowest BCUT2D eigenvalue weighted by Gasteiger charge is -2.17. The van der Waals surface area contributed by atoms with E-state index >= 15 is 0 Å². The highest BCUT2D eigenvalue weighted by Gasteiger charge is 2.07. The first-order valence-electron chi connectivity index (χ1n) is 7.80. The maximum atomic E-state index is 5.91. The molecule has 3 aromatic carbocycles. The van der Waals surface area contributed by atoms with E-state index in [0.29, 0.717) is 12.6 Å². The van der Waals surface area contributed by atoms with Crippen LogP contribution in [0.5, 0.6) is 0 Å². The molecule has 0 amide bonds. The zero-order valence-corrected chi connectivity index (χ0v) is 12.7. The second kappa shape index (κ2) is 7.21. The Hall–Kier alpha value is -2.16. The zero-order chi connectivity index (χ0) is 15.2. The van der Waals surface area contributed by atoms with Crippen molar-refractivity contribution in [2.45, 2.75) is 19.0 Å². The summed E-state index contributed by atoms with van der Waals surface area (Å²) in [4.78, 5) is 0. The van der Waals surface area contributed by atoms with E-state index in [1.807, 2.05) is 6.07 Å². The van der Waals surface area contributed by atoms with Gasteiger partial charge in [0.05, 0.1) is 0 Å². The Balaban J connectivity index is 1.64. The molecule has 3 rings (SSSR count). The van der Waals surface area contributed by atoms with E-state index < -0.39 is 0 Å². The number of nitrogens with two attached hydrogens (primary N) is 1. The number of benzene rings is 3. The number of hydrogen-bond acceptors (Lipinski definition) is 2. The lowest BCUT2D eigenvalue weighted by molar-refractivity contribution is 0.516. The molecule has 0 aliphatic rings. The van der Waals surface area contributed by atoms with Crippen LogP contribution in [-0.2, 0) is 13.0 Å². The normalized spacial score (nSPS) is 12.4. The maximum absolute atomic E-state index is 5.91. The molecular weight excluding hydrogens is 268 g/mol. The van der Waals surface area contributed by atoms with Crippen LogP contribution in [0.2, 0.25) is 0 Å². The molecule has 2 nitrogen and oxygen atoms in total. The molecule has 1 unspecified atom stereocenters. The summed E-state index contributed by atoms with van der Waals surface area (Å²) in [6.07, 6.45) is 0.963. The fourth-order valence-electron chi connectivity index (χ4n) is 2.75. The van der Waals surface area contributed by atoms with Gasteiger partial charge >= 0.3 is 0 Å². The van der Waals surface area contributed by atoms with Crippen LogP contribution in [0, 0.1) is 0 Å². The molecule has 0 aliphatic heterocycles. The Morgan fingerprint density at radius 3 is 2.27 bits per heavy atom. The summed E-state index contributed by atoms with van der Waals surface area (Å²) in [6, 6.07) is 25.9. The molecule has 0 radical (unpaired) electrons. The van der Waals surface area contributed by atoms with Crippen molar-refractivity contribution < 1.29 is 0 Å². The van der Waals surface area contributed by atoms with Crippen molar-refractivity contribution in [3.8, 4) is 0 Å². The predicted molar refractivity (Wildman–Crippen MR) is 93.8 cm³/mol. The van der Waals surface area contributed by atoms with E-state index in [-0.39, 0.29) is 0 Å². The standard InChI is InChI=1S/C20H22N2/c21-14-20(13-16-6-2-1-3-7-16)22-15-17-10-11-18-8-4-5-9-19(18)12-17/h1-12,20,22H,13-15,21H2. The molecule has 22 heavy (non-hydrogen) atoms. The first-order chi connectivity index (χ1) is 10.8. The summed E-state index contributed by atoms with van der Waals surface area (Å²) in [7, 11) is 0. The van der Waals surface area contributed by atoms with E-state index in [4.69, 9.17) is 5.73 Å². The minimum absolute atomic E-state index is 0.300. The summed E-state index contributed by atoms with van der Waals surface area (Å²) >= 11 is 0. The Labute approximate surface area is 132 Å². The van der Waals surface area contributed by atoms with Crippen LogP contribution in [0.1, 0.15) is 11.1 Å². The Morgan fingerprint density at radius 2 is 1.50 bits per heavy atom. The summed E-state index contributed by atoms with van der Waals surface area (Å²) in [5, 5.41) is 6.14. The van der Waals surface area contributed by atoms with Crippen LogP contribution >= 0.6 is 0 Å². The topological polar surface area (TPSA) is 38.0 Å². The van der Waals surface area contributed by atoms with Crippen molar-refractivity contribution >= 4 is 10.8 Å². The summed E-state index contributed by atoms with van der Waals surface area (Å²) < 4.78 is 0. The van der Waals surface area contributed by atoms with Gasteiger partial charge in [-0.2, -0.15) is 0 Å². The maximum Gasteiger partial charge on any atom is 0.0233 e. The van der Waals surface area contributed by atoms with Crippen LogP contribution in [0.4, 0.5) is 0 Å². The molecule has 0 saturated heterocycles. The highest BCUT2D eigenvalue weighted by Crippen LogP contribution is 2.15. The van der Waals surface area contributed by atoms with Crippen molar-refractivity contribution in [1.29, 1.82) is 0 Å². The quantitative estimate of drug-likeness (QED) is 0.729. The molecule has 0 saturated carbocycles. The Bertz CT molecular complexity index is 722. The van der Waals surface area contributed by atoms with Gasteiger partial charge in [-0.05, 0) is 34.4 Å². The molecule has 0 fully saturated rings. The van der Waals surface area contributed by atoms with Crippen LogP contribution in [0.15, 0.2) is 72.8 Å². The van der Waals surface area contributed by atoms with Gasteiger partial charge in [0.2, 0.25) is 0 Å². The lowest BCUT2D eigenvalue weighted by atomic mass is 10.0. The fourth-order valence-corrected chi connectivity index (χ4v) is 2.75. The van der Waals surface area contributed by atoms with Crippen molar-refractivity contribution in [3.05, 3.63) is 83.9 Å². The Morgan fingerprint density at radius 1 is 0.773 bits per heavy atom. The van der Waals surface area contributed by atoms with E-state index in [0.717, 1.165) is 13.0 Å². The van der Waals surface area contributed by atoms with Gasteiger partial charge < -0.3 is 11.1 Å². The SMILES string of the molecule is NCC(Cc1ccccc1)NCc1ccc2ccccc2c1. The lowest BCUT2D eigenvalue weighted by Crippen LogP contribution is -2.37. The van der Waals surface area contributed by atoms with Crippen LogP contribution in [0.25, 0.3) is 10.8 Å².